The van der Waals surface area contributed by atoms with Crippen LogP contribution in [0.3, 0.4) is 0 Å². The third-order valence-electron chi connectivity index (χ3n) is 1.12. The summed E-state index contributed by atoms with van der Waals surface area (Å²) >= 11 is 0. The van der Waals surface area contributed by atoms with Gasteiger partial charge in [-0.05, 0) is 0 Å². The fourth-order valence-electron chi connectivity index (χ4n) is 0.633. The quantitative estimate of drug-likeness (QED) is 0.662. The minimum Gasteiger partial charge on any atom is -0.490 e. The van der Waals surface area contributed by atoms with Gasteiger partial charge in [0.2, 0.25) is 0 Å². The highest BCUT2D eigenvalue weighted by Crippen LogP contribution is 2.23. The first kappa shape index (κ1) is 7.59. The van der Waals surface area contributed by atoms with Gasteiger partial charge in [-0.1, -0.05) is 0 Å². The van der Waals surface area contributed by atoms with E-state index in [2.05, 4.69) is 9.97 Å². The molecule has 0 saturated heterocycles. The van der Waals surface area contributed by atoms with Crippen molar-refractivity contribution in [2.24, 2.45) is 0 Å². The first-order chi connectivity index (χ1) is 5.27. The molecule has 0 spiro atoms. The number of hydrogen-bond acceptors (Lipinski definition) is 5. The van der Waals surface area contributed by atoms with Gasteiger partial charge in [-0.2, -0.15) is 9.97 Å². The van der Waals surface area contributed by atoms with Crippen molar-refractivity contribution in [2.75, 3.05) is 14.2 Å². The lowest BCUT2D eigenvalue weighted by molar-refractivity contribution is 0.327. The fourth-order valence-corrected chi connectivity index (χ4v) is 0.633. The predicted octanol–water partition coefficient (Wildman–Crippen LogP) is 0.199. The van der Waals surface area contributed by atoms with Crippen molar-refractivity contribution in [3.8, 4) is 17.6 Å². The minimum atomic E-state index is -0.331. The number of nitrogens with zero attached hydrogens (tertiary/aromatic N) is 2. The summed E-state index contributed by atoms with van der Waals surface area (Å²) in [7, 11) is 2.91. The van der Waals surface area contributed by atoms with E-state index in [1.807, 2.05) is 0 Å². The molecular formula is C6H8N2O3. The number of rotatable bonds is 2. The Bertz CT molecular complexity index is 252. The average molecular weight is 156 g/mol. The summed E-state index contributed by atoms with van der Waals surface area (Å²) in [5.41, 5.74) is 0. The molecular weight excluding hydrogens is 148 g/mol. The van der Waals surface area contributed by atoms with Crippen LogP contribution in [0.4, 0.5) is 0 Å². The van der Waals surface area contributed by atoms with Gasteiger partial charge >= 0.3 is 6.01 Å². The molecule has 0 fully saturated rings. The summed E-state index contributed by atoms with van der Waals surface area (Å²) in [5, 5.41) is 8.81. The van der Waals surface area contributed by atoms with Crippen molar-refractivity contribution in [3.05, 3.63) is 6.20 Å². The fraction of sp³-hybridized carbons (Fsp3) is 0.333. The molecule has 5 heteroatoms. The molecule has 0 radical (unpaired) electrons. The van der Waals surface area contributed by atoms with Gasteiger partial charge in [0.05, 0.1) is 20.4 Å². The highest BCUT2D eigenvalue weighted by molar-refractivity contribution is 5.31. The van der Waals surface area contributed by atoms with Crippen LogP contribution < -0.4 is 9.47 Å². The van der Waals surface area contributed by atoms with Crippen molar-refractivity contribution in [1.82, 2.24) is 9.97 Å². The number of aromatic hydroxyl groups is 1. The van der Waals surface area contributed by atoms with E-state index in [9.17, 15) is 0 Å². The van der Waals surface area contributed by atoms with E-state index in [-0.39, 0.29) is 11.9 Å². The molecule has 0 saturated carbocycles. The molecule has 0 aliphatic carbocycles. The molecule has 1 aromatic heterocycles. The first-order valence-corrected chi connectivity index (χ1v) is 2.92. The van der Waals surface area contributed by atoms with Crippen LogP contribution in [0, 0.1) is 0 Å². The standard InChI is InChI=1S/C6H8N2O3/c1-10-4-3-7-6(9)8-5(4)11-2/h3H,1-2H3,(H,7,8,9). The highest BCUT2D eigenvalue weighted by Gasteiger charge is 2.05. The van der Waals surface area contributed by atoms with Gasteiger partial charge < -0.3 is 14.6 Å². The smallest absolute Gasteiger partial charge is 0.317 e. The Morgan fingerprint density at radius 3 is 2.64 bits per heavy atom. The topological polar surface area (TPSA) is 64.5 Å². The summed E-state index contributed by atoms with van der Waals surface area (Å²) < 4.78 is 9.61. The van der Waals surface area contributed by atoms with Crippen LogP contribution in [-0.2, 0) is 0 Å². The molecule has 1 aromatic rings. The molecule has 5 nitrogen and oxygen atoms in total. The van der Waals surface area contributed by atoms with Gasteiger partial charge in [0, 0.05) is 0 Å². The van der Waals surface area contributed by atoms with Crippen LogP contribution in [0.25, 0.3) is 0 Å². The normalized spacial score (nSPS) is 9.27. The van der Waals surface area contributed by atoms with Crippen molar-refractivity contribution < 1.29 is 14.6 Å². The van der Waals surface area contributed by atoms with Crippen LogP contribution in [0.5, 0.6) is 17.6 Å². The van der Waals surface area contributed by atoms with Gasteiger partial charge in [0.25, 0.3) is 5.88 Å². The molecule has 0 amide bonds. The Balaban J connectivity index is 3.06. The van der Waals surface area contributed by atoms with Gasteiger partial charge in [-0.3, -0.25) is 0 Å². The van der Waals surface area contributed by atoms with Gasteiger partial charge in [0.15, 0.2) is 5.75 Å². The van der Waals surface area contributed by atoms with Crippen molar-refractivity contribution in [2.45, 2.75) is 0 Å². The maximum atomic E-state index is 8.81. The first-order valence-electron chi connectivity index (χ1n) is 2.92. The van der Waals surface area contributed by atoms with E-state index in [1.54, 1.807) is 0 Å². The summed E-state index contributed by atoms with van der Waals surface area (Å²) in [6, 6.07) is -0.331. The summed E-state index contributed by atoms with van der Waals surface area (Å²) in [6.45, 7) is 0. The molecule has 11 heavy (non-hydrogen) atoms. The lowest BCUT2D eigenvalue weighted by atomic mass is 10.6. The van der Waals surface area contributed by atoms with Crippen LogP contribution in [0.1, 0.15) is 0 Å². The Morgan fingerprint density at radius 1 is 1.36 bits per heavy atom. The molecule has 0 aromatic carbocycles. The molecule has 60 valence electrons. The maximum Gasteiger partial charge on any atom is 0.317 e. The second kappa shape index (κ2) is 3.05. The third-order valence-corrected chi connectivity index (χ3v) is 1.12. The van der Waals surface area contributed by atoms with E-state index in [0.717, 1.165) is 0 Å². The molecule has 0 aliphatic heterocycles. The lowest BCUT2D eigenvalue weighted by Crippen LogP contribution is -1.94. The Labute approximate surface area is 63.6 Å². The Hall–Kier alpha value is -1.52. The zero-order valence-corrected chi connectivity index (χ0v) is 6.24. The molecule has 0 unspecified atom stereocenters. The van der Waals surface area contributed by atoms with Crippen molar-refractivity contribution in [3.63, 3.8) is 0 Å². The van der Waals surface area contributed by atoms with Crippen molar-refractivity contribution >= 4 is 0 Å². The van der Waals surface area contributed by atoms with Crippen LogP contribution >= 0.6 is 0 Å². The lowest BCUT2D eigenvalue weighted by Gasteiger charge is -2.03. The zero-order chi connectivity index (χ0) is 8.27. The maximum absolute atomic E-state index is 8.81. The van der Waals surface area contributed by atoms with Crippen molar-refractivity contribution in [1.29, 1.82) is 0 Å². The number of aromatic nitrogens is 2. The average Bonchev–Trinajstić information content (AvgIpc) is 2.04. The number of hydrogen-bond donors (Lipinski definition) is 1. The molecule has 1 heterocycles. The van der Waals surface area contributed by atoms with Gasteiger partial charge in [-0.15, -0.1) is 0 Å². The number of methoxy groups -OCH3 is 2. The molecule has 1 N–H and O–H groups in total. The second-order valence-electron chi connectivity index (χ2n) is 1.75. The van der Waals surface area contributed by atoms with Crippen LogP contribution in [0.2, 0.25) is 0 Å². The van der Waals surface area contributed by atoms with Crippen LogP contribution in [0.15, 0.2) is 6.20 Å². The highest BCUT2D eigenvalue weighted by atomic mass is 16.5. The van der Waals surface area contributed by atoms with E-state index < -0.39 is 0 Å². The number of ether oxygens (including phenoxy) is 2. The second-order valence-corrected chi connectivity index (χ2v) is 1.75. The van der Waals surface area contributed by atoms with E-state index in [4.69, 9.17) is 14.6 Å². The minimum absolute atomic E-state index is 0.222. The van der Waals surface area contributed by atoms with Crippen LogP contribution in [-0.4, -0.2) is 29.3 Å². The summed E-state index contributed by atoms with van der Waals surface area (Å²) in [6.07, 6.45) is 1.33. The predicted molar refractivity (Wildman–Crippen MR) is 36.8 cm³/mol. The molecule has 0 aliphatic rings. The molecule has 0 atom stereocenters. The monoisotopic (exact) mass is 156 g/mol. The Morgan fingerprint density at radius 2 is 2.09 bits per heavy atom. The molecule has 0 bridgehead atoms. The molecule has 1 rings (SSSR count). The van der Waals surface area contributed by atoms with E-state index in [0.29, 0.717) is 5.75 Å². The zero-order valence-electron chi connectivity index (χ0n) is 6.24. The van der Waals surface area contributed by atoms with E-state index >= 15 is 0 Å². The summed E-state index contributed by atoms with van der Waals surface area (Å²) in [5.74, 6) is 0.616. The summed E-state index contributed by atoms with van der Waals surface area (Å²) in [4.78, 5) is 7.06. The third kappa shape index (κ3) is 1.49. The SMILES string of the molecule is COc1cnc(O)nc1OC. The van der Waals surface area contributed by atoms with E-state index in [1.165, 1.54) is 20.4 Å². The largest absolute Gasteiger partial charge is 0.490 e. The van der Waals surface area contributed by atoms with Gasteiger partial charge in [-0.25, -0.2) is 0 Å². The Kier molecular flexibility index (Phi) is 2.10. The van der Waals surface area contributed by atoms with Gasteiger partial charge in [0.1, 0.15) is 0 Å².